The van der Waals surface area contributed by atoms with Crippen LogP contribution in [-0.2, 0) is 22.6 Å². The molecule has 0 bridgehead atoms. The summed E-state index contributed by atoms with van der Waals surface area (Å²) in [7, 11) is 0. The Kier molecular flexibility index (Phi) is 5.11. The van der Waals surface area contributed by atoms with Crippen LogP contribution in [-0.4, -0.2) is 22.0 Å². The van der Waals surface area contributed by atoms with Crippen molar-refractivity contribution in [3.05, 3.63) is 16.1 Å². The Hall–Kier alpha value is -1.43. The predicted molar refractivity (Wildman–Crippen MR) is 76.4 cm³/mol. The molecule has 0 radical (unpaired) electrons. The first-order valence-corrected chi connectivity index (χ1v) is 7.86. The van der Waals surface area contributed by atoms with Gasteiger partial charge in [-0.2, -0.15) is 0 Å². The molecule has 1 aliphatic rings. The number of nitrogens with one attached hydrogen (secondary N) is 1. The van der Waals surface area contributed by atoms with Gasteiger partial charge >= 0.3 is 5.97 Å². The molecule has 0 aromatic carbocycles. The number of carboxylic acids is 1. The van der Waals surface area contributed by atoms with E-state index in [1.54, 1.807) is 11.3 Å². The molecular formula is C14H20N2O3S. The highest BCUT2D eigenvalue weighted by molar-refractivity contribution is 7.11. The summed E-state index contributed by atoms with van der Waals surface area (Å²) in [6.45, 7) is 2.52. The topological polar surface area (TPSA) is 79.3 Å². The van der Waals surface area contributed by atoms with Crippen LogP contribution in [0.1, 0.15) is 42.5 Å². The number of hydrogen-bond acceptors (Lipinski definition) is 4. The van der Waals surface area contributed by atoms with Crippen molar-refractivity contribution in [3.8, 4) is 0 Å². The lowest BCUT2D eigenvalue weighted by Crippen LogP contribution is -2.35. The number of nitrogens with zero attached hydrogens (tertiary/aromatic N) is 1. The van der Waals surface area contributed by atoms with Crippen LogP contribution in [0.4, 0.5) is 0 Å². The average Bonchev–Trinajstić information content (AvgIpc) is 2.93. The smallest absolute Gasteiger partial charge is 0.306 e. The Morgan fingerprint density at radius 2 is 2.20 bits per heavy atom. The van der Waals surface area contributed by atoms with E-state index in [1.807, 2.05) is 6.20 Å². The molecule has 5 nitrogen and oxygen atoms in total. The van der Waals surface area contributed by atoms with Crippen molar-refractivity contribution >= 4 is 23.2 Å². The highest BCUT2D eigenvalue weighted by atomic mass is 32.1. The minimum absolute atomic E-state index is 0.0378. The fourth-order valence-corrected chi connectivity index (χ4v) is 3.35. The third-order valence-corrected chi connectivity index (χ3v) is 4.90. The molecule has 1 fully saturated rings. The van der Waals surface area contributed by atoms with Gasteiger partial charge in [-0.05, 0) is 25.7 Å². The van der Waals surface area contributed by atoms with Gasteiger partial charge in [0.05, 0.1) is 12.5 Å². The van der Waals surface area contributed by atoms with Gasteiger partial charge in [-0.25, -0.2) is 4.98 Å². The third kappa shape index (κ3) is 3.79. The largest absolute Gasteiger partial charge is 0.481 e. The molecule has 2 rings (SSSR count). The summed E-state index contributed by atoms with van der Waals surface area (Å²) >= 11 is 1.61. The number of aliphatic carboxylic acids is 1. The summed E-state index contributed by atoms with van der Waals surface area (Å²) in [4.78, 5) is 28.5. The Labute approximate surface area is 122 Å². The van der Waals surface area contributed by atoms with Crippen LogP contribution in [0.3, 0.4) is 0 Å². The fraction of sp³-hybridized carbons (Fsp3) is 0.643. The van der Waals surface area contributed by atoms with E-state index in [0.717, 1.165) is 24.3 Å². The second kappa shape index (κ2) is 6.83. The number of carbonyl (C=O) groups is 2. The quantitative estimate of drug-likeness (QED) is 0.873. The van der Waals surface area contributed by atoms with Crippen LogP contribution >= 0.6 is 11.3 Å². The molecule has 110 valence electrons. The van der Waals surface area contributed by atoms with Gasteiger partial charge in [0.25, 0.3) is 0 Å². The highest BCUT2D eigenvalue weighted by Gasteiger charge is 2.30. The molecule has 1 amide bonds. The molecule has 1 aliphatic carbocycles. The van der Waals surface area contributed by atoms with Crippen LogP contribution in [0.15, 0.2) is 6.20 Å². The van der Waals surface area contributed by atoms with Crippen LogP contribution in [0, 0.1) is 11.8 Å². The van der Waals surface area contributed by atoms with Crippen molar-refractivity contribution in [3.63, 3.8) is 0 Å². The lowest BCUT2D eigenvalue weighted by atomic mass is 9.81. The zero-order valence-corrected chi connectivity index (χ0v) is 12.4. The number of carbonyl (C=O) groups excluding carboxylic acids is 1. The van der Waals surface area contributed by atoms with Crippen molar-refractivity contribution in [2.45, 2.75) is 45.6 Å². The van der Waals surface area contributed by atoms with Gasteiger partial charge in [-0.3, -0.25) is 9.59 Å². The molecule has 1 aromatic rings. The molecule has 0 spiro atoms. The number of rotatable bonds is 5. The maximum atomic E-state index is 12.1. The fourth-order valence-electron chi connectivity index (χ4n) is 2.55. The molecule has 2 atom stereocenters. The summed E-state index contributed by atoms with van der Waals surface area (Å²) in [6, 6.07) is 0. The van der Waals surface area contributed by atoms with E-state index in [-0.39, 0.29) is 17.7 Å². The van der Waals surface area contributed by atoms with Crippen LogP contribution < -0.4 is 5.32 Å². The minimum Gasteiger partial charge on any atom is -0.481 e. The zero-order valence-electron chi connectivity index (χ0n) is 11.6. The van der Waals surface area contributed by atoms with Crippen molar-refractivity contribution in [2.75, 3.05) is 0 Å². The number of aromatic nitrogens is 1. The van der Waals surface area contributed by atoms with Gasteiger partial charge in [0.2, 0.25) is 5.91 Å². The average molecular weight is 296 g/mol. The van der Waals surface area contributed by atoms with Crippen LogP contribution in [0.2, 0.25) is 0 Å². The maximum absolute atomic E-state index is 12.1. The molecule has 2 unspecified atom stereocenters. The van der Waals surface area contributed by atoms with Gasteiger partial charge < -0.3 is 10.4 Å². The van der Waals surface area contributed by atoms with E-state index in [4.69, 9.17) is 5.11 Å². The van der Waals surface area contributed by atoms with Crippen molar-refractivity contribution in [2.24, 2.45) is 11.8 Å². The summed E-state index contributed by atoms with van der Waals surface area (Å²) in [5, 5.41) is 12.8. The molecule has 2 N–H and O–H groups in total. The second-order valence-electron chi connectivity index (χ2n) is 5.19. The number of aryl methyl sites for hydroxylation is 1. The van der Waals surface area contributed by atoms with Gasteiger partial charge in [-0.15, -0.1) is 11.3 Å². The normalized spacial score (nSPS) is 22.4. The Bertz CT molecular complexity index is 487. The first kappa shape index (κ1) is 15.0. The lowest BCUT2D eigenvalue weighted by Gasteiger charge is -2.25. The van der Waals surface area contributed by atoms with Gasteiger partial charge in [0.15, 0.2) is 0 Å². The number of amides is 1. The standard InChI is InChI=1S/C14H20N2O3S/c1-2-11-7-15-12(20-11)8-16-13(17)9-4-3-5-10(6-9)14(18)19/h7,9-10H,2-6,8H2,1H3,(H,16,17)(H,18,19). The summed E-state index contributed by atoms with van der Waals surface area (Å²) in [5.41, 5.74) is 0. The molecule has 6 heteroatoms. The third-order valence-electron chi connectivity index (χ3n) is 3.76. The molecule has 1 heterocycles. The first-order valence-electron chi connectivity index (χ1n) is 7.04. The van der Waals surface area contributed by atoms with E-state index in [0.29, 0.717) is 19.4 Å². The Morgan fingerprint density at radius 3 is 2.85 bits per heavy atom. The second-order valence-corrected chi connectivity index (χ2v) is 6.39. The zero-order chi connectivity index (χ0) is 14.5. The van der Waals surface area contributed by atoms with Gasteiger partial charge in [0.1, 0.15) is 5.01 Å². The van der Waals surface area contributed by atoms with E-state index < -0.39 is 5.97 Å². The predicted octanol–water partition coefficient (Wildman–Crippen LogP) is 2.21. The highest BCUT2D eigenvalue weighted by Crippen LogP contribution is 2.29. The minimum atomic E-state index is -0.782. The molecule has 20 heavy (non-hydrogen) atoms. The van der Waals surface area contributed by atoms with Gasteiger partial charge in [0, 0.05) is 17.0 Å². The SMILES string of the molecule is CCc1cnc(CNC(=O)C2CCCC(C(=O)O)C2)s1. The van der Waals surface area contributed by atoms with E-state index >= 15 is 0 Å². The summed E-state index contributed by atoms with van der Waals surface area (Å²) < 4.78 is 0. The van der Waals surface area contributed by atoms with E-state index in [9.17, 15) is 9.59 Å². The van der Waals surface area contributed by atoms with Crippen LogP contribution in [0.25, 0.3) is 0 Å². The molecule has 1 saturated carbocycles. The van der Waals surface area contributed by atoms with Crippen LogP contribution in [0.5, 0.6) is 0 Å². The lowest BCUT2D eigenvalue weighted by molar-refractivity contribution is -0.144. The molecule has 0 aliphatic heterocycles. The summed E-state index contributed by atoms with van der Waals surface area (Å²) in [5.74, 6) is -1.36. The van der Waals surface area contributed by atoms with E-state index in [1.165, 1.54) is 4.88 Å². The number of hydrogen-bond donors (Lipinski definition) is 2. The van der Waals surface area contributed by atoms with Crippen molar-refractivity contribution < 1.29 is 14.7 Å². The van der Waals surface area contributed by atoms with Crippen molar-refractivity contribution in [1.29, 1.82) is 0 Å². The first-order chi connectivity index (χ1) is 9.60. The molecule has 1 aromatic heterocycles. The Morgan fingerprint density at radius 1 is 1.45 bits per heavy atom. The number of thiazole rings is 1. The number of carboxylic acid groups (broad SMARTS) is 1. The van der Waals surface area contributed by atoms with E-state index in [2.05, 4.69) is 17.2 Å². The monoisotopic (exact) mass is 296 g/mol. The van der Waals surface area contributed by atoms with Gasteiger partial charge in [-0.1, -0.05) is 13.3 Å². The molecular weight excluding hydrogens is 276 g/mol. The molecule has 0 saturated heterocycles. The van der Waals surface area contributed by atoms with Crippen molar-refractivity contribution in [1.82, 2.24) is 10.3 Å². The maximum Gasteiger partial charge on any atom is 0.306 e. The summed E-state index contributed by atoms with van der Waals surface area (Å²) in [6.07, 6.45) is 5.53. The Balaban J connectivity index is 1.83.